The molecule has 0 spiro atoms. The lowest BCUT2D eigenvalue weighted by molar-refractivity contribution is -0.138. The SMILES string of the molecule is Cc1ccccc1C(=O)NCCCCCc1nc2ccccc2n1CC(=O)N(C1CCCCC1)C1CCCCC1. The number of aryl methyl sites for hydroxylation is 2. The molecule has 5 rings (SSSR count). The molecule has 0 atom stereocenters. The summed E-state index contributed by atoms with van der Waals surface area (Å²) in [4.78, 5) is 33.8. The molecule has 2 fully saturated rings. The van der Waals surface area contributed by atoms with Gasteiger partial charge >= 0.3 is 0 Å². The lowest BCUT2D eigenvalue weighted by atomic mass is 9.88. The van der Waals surface area contributed by atoms with Crippen molar-refractivity contribution in [3.8, 4) is 0 Å². The van der Waals surface area contributed by atoms with Crippen LogP contribution in [0.15, 0.2) is 48.5 Å². The van der Waals surface area contributed by atoms with Gasteiger partial charge in [-0.1, -0.05) is 75.3 Å². The van der Waals surface area contributed by atoms with E-state index in [-0.39, 0.29) is 11.8 Å². The van der Waals surface area contributed by atoms with Gasteiger partial charge in [0, 0.05) is 30.6 Å². The monoisotopic (exact) mass is 542 g/mol. The fraction of sp³-hybridized carbons (Fsp3) is 0.559. The molecule has 3 aromatic rings. The molecule has 0 unspecified atom stereocenters. The van der Waals surface area contributed by atoms with Gasteiger partial charge in [0.05, 0.1) is 11.0 Å². The van der Waals surface area contributed by atoms with Crippen LogP contribution in [-0.4, -0.2) is 44.9 Å². The number of para-hydroxylation sites is 2. The third-order valence-corrected chi connectivity index (χ3v) is 9.00. The number of fused-ring (bicyclic) bond motifs is 1. The zero-order valence-electron chi connectivity index (χ0n) is 24.2. The summed E-state index contributed by atoms with van der Waals surface area (Å²) in [7, 11) is 0. The number of nitrogens with zero attached hydrogens (tertiary/aromatic N) is 3. The molecule has 2 aliphatic rings. The number of nitrogens with one attached hydrogen (secondary N) is 1. The van der Waals surface area contributed by atoms with Crippen molar-refractivity contribution in [1.82, 2.24) is 19.8 Å². The molecule has 40 heavy (non-hydrogen) atoms. The van der Waals surface area contributed by atoms with Gasteiger partial charge in [-0.15, -0.1) is 0 Å². The Morgan fingerprint density at radius 3 is 2.20 bits per heavy atom. The second kappa shape index (κ2) is 14.0. The average molecular weight is 543 g/mol. The Labute approximate surface area is 239 Å². The molecule has 0 aliphatic heterocycles. The molecule has 1 aromatic heterocycles. The molecule has 1 N–H and O–H groups in total. The van der Waals surface area contributed by atoms with Crippen LogP contribution in [0.5, 0.6) is 0 Å². The molecule has 214 valence electrons. The van der Waals surface area contributed by atoms with Gasteiger partial charge in [-0.05, 0) is 69.2 Å². The van der Waals surface area contributed by atoms with Crippen molar-refractivity contribution < 1.29 is 9.59 Å². The normalized spacial score (nSPS) is 16.7. The fourth-order valence-electron chi connectivity index (χ4n) is 6.84. The largest absolute Gasteiger partial charge is 0.352 e. The number of imidazole rings is 1. The average Bonchev–Trinajstić information content (AvgIpc) is 3.33. The van der Waals surface area contributed by atoms with E-state index in [2.05, 4.69) is 26.9 Å². The summed E-state index contributed by atoms with van der Waals surface area (Å²) in [6, 6.07) is 16.7. The van der Waals surface area contributed by atoms with E-state index in [9.17, 15) is 9.59 Å². The summed E-state index contributed by atoms with van der Waals surface area (Å²) in [6.07, 6.45) is 15.9. The van der Waals surface area contributed by atoms with Crippen LogP contribution >= 0.6 is 0 Å². The smallest absolute Gasteiger partial charge is 0.251 e. The van der Waals surface area contributed by atoms with Gasteiger partial charge in [0.2, 0.25) is 5.91 Å². The van der Waals surface area contributed by atoms with Crippen LogP contribution < -0.4 is 5.32 Å². The van der Waals surface area contributed by atoms with Crippen LogP contribution in [0.2, 0.25) is 0 Å². The molecule has 0 radical (unpaired) electrons. The number of hydrogen-bond donors (Lipinski definition) is 1. The highest BCUT2D eigenvalue weighted by atomic mass is 16.2. The first-order valence-electron chi connectivity index (χ1n) is 15.7. The highest BCUT2D eigenvalue weighted by Gasteiger charge is 2.33. The van der Waals surface area contributed by atoms with Crippen LogP contribution in [0.4, 0.5) is 0 Å². The van der Waals surface area contributed by atoms with E-state index in [1.165, 1.54) is 38.5 Å². The maximum absolute atomic E-state index is 14.1. The summed E-state index contributed by atoms with van der Waals surface area (Å²) in [5, 5.41) is 3.06. The predicted octanol–water partition coefficient (Wildman–Crippen LogP) is 6.98. The topological polar surface area (TPSA) is 67.2 Å². The Hall–Kier alpha value is -3.15. The maximum atomic E-state index is 14.1. The zero-order chi connectivity index (χ0) is 27.7. The predicted molar refractivity (Wildman–Crippen MR) is 161 cm³/mol. The van der Waals surface area contributed by atoms with Crippen molar-refractivity contribution in [2.75, 3.05) is 6.54 Å². The number of aromatic nitrogens is 2. The Kier molecular flexibility index (Phi) is 9.90. The van der Waals surface area contributed by atoms with Crippen molar-refractivity contribution in [2.24, 2.45) is 0 Å². The first kappa shape index (κ1) is 28.4. The molecule has 0 saturated heterocycles. The highest BCUT2D eigenvalue weighted by molar-refractivity contribution is 5.95. The van der Waals surface area contributed by atoms with E-state index in [0.29, 0.717) is 25.2 Å². The zero-order valence-corrected chi connectivity index (χ0v) is 24.2. The third kappa shape index (κ3) is 6.94. The standard InChI is InChI=1S/C34H46N4O2/c1-26-15-10-11-20-29(26)34(40)35-24-14-4-9-23-32-36-30-21-12-13-22-31(30)37(32)25-33(39)38(27-16-5-2-6-17-27)28-18-7-3-8-19-28/h10-13,15,20-22,27-28H,2-9,14,16-19,23-25H2,1H3,(H,35,40). The van der Waals surface area contributed by atoms with Crippen LogP contribution in [0.1, 0.15) is 105 Å². The Balaban J connectivity index is 1.21. The van der Waals surface area contributed by atoms with Gasteiger partial charge in [-0.3, -0.25) is 9.59 Å². The van der Waals surface area contributed by atoms with E-state index in [4.69, 9.17) is 4.98 Å². The van der Waals surface area contributed by atoms with Crippen molar-refractivity contribution in [3.63, 3.8) is 0 Å². The van der Waals surface area contributed by atoms with Crippen LogP contribution in [-0.2, 0) is 17.8 Å². The minimum absolute atomic E-state index is 0.00103. The van der Waals surface area contributed by atoms with Crippen molar-refractivity contribution in [2.45, 2.75) is 115 Å². The molecule has 6 heteroatoms. The minimum Gasteiger partial charge on any atom is -0.352 e. The first-order valence-corrected chi connectivity index (χ1v) is 15.7. The molecular weight excluding hydrogens is 496 g/mol. The van der Waals surface area contributed by atoms with Crippen molar-refractivity contribution >= 4 is 22.8 Å². The van der Waals surface area contributed by atoms with Crippen LogP contribution in [0.3, 0.4) is 0 Å². The highest BCUT2D eigenvalue weighted by Crippen LogP contribution is 2.31. The number of amides is 2. The van der Waals surface area contributed by atoms with E-state index in [1.807, 2.05) is 43.3 Å². The molecule has 1 heterocycles. The second-order valence-corrected chi connectivity index (χ2v) is 11.9. The lowest BCUT2D eigenvalue weighted by Gasteiger charge is -2.42. The van der Waals surface area contributed by atoms with Gasteiger partial charge in [-0.2, -0.15) is 0 Å². The molecular formula is C34H46N4O2. The first-order chi connectivity index (χ1) is 19.6. The molecule has 2 aliphatic carbocycles. The summed E-state index contributed by atoms with van der Waals surface area (Å²) in [6.45, 7) is 3.02. The Morgan fingerprint density at radius 1 is 0.850 bits per heavy atom. The van der Waals surface area contributed by atoms with E-state index < -0.39 is 0 Å². The molecule has 0 bridgehead atoms. The van der Waals surface area contributed by atoms with Gasteiger partial charge in [0.1, 0.15) is 12.4 Å². The molecule has 2 aromatic carbocycles. The van der Waals surface area contributed by atoms with Crippen LogP contribution in [0.25, 0.3) is 11.0 Å². The second-order valence-electron chi connectivity index (χ2n) is 11.9. The van der Waals surface area contributed by atoms with Gasteiger partial charge in [-0.25, -0.2) is 4.98 Å². The minimum atomic E-state index is -0.00103. The fourth-order valence-corrected chi connectivity index (χ4v) is 6.84. The quantitative estimate of drug-likeness (QED) is 0.266. The number of carbonyl (C=O) groups is 2. The van der Waals surface area contributed by atoms with E-state index in [0.717, 1.165) is 79.4 Å². The number of benzene rings is 2. The lowest BCUT2D eigenvalue weighted by Crippen LogP contribution is -2.50. The Morgan fingerprint density at radius 2 is 1.50 bits per heavy atom. The van der Waals surface area contributed by atoms with E-state index >= 15 is 0 Å². The number of carbonyl (C=O) groups excluding carboxylic acids is 2. The van der Waals surface area contributed by atoms with Gasteiger partial charge in [0.15, 0.2) is 0 Å². The summed E-state index contributed by atoms with van der Waals surface area (Å²) in [5.74, 6) is 1.28. The summed E-state index contributed by atoms with van der Waals surface area (Å²) < 4.78 is 2.19. The number of rotatable bonds is 11. The van der Waals surface area contributed by atoms with Crippen molar-refractivity contribution in [1.29, 1.82) is 0 Å². The number of unbranched alkanes of at least 4 members (excludes halogenated alkanes) is 2. The molecule has 6 nitrogen and oxygen atoms in total. The molecule has 2 amide bonds. The maximum Gasteiger partial charge on any atom is 0.251 e. The summed E-state index contributed by atoms with van der Waals surface area (Å²) in [5.41, 5.74) is 3.77. The molecule has 2 saturated carbocycles. The van der Waals surface area contributed by atoms with Crippen molar-refractivity contribution in [3.05, 3.63) is 65.5 Å². The third-order valence-electron chi connectivity index (χ3n) is 9.00. The van der Waals surface area contributed by atoms with Gasteiger partial charge in [0.25, 0.3) is 5.91 Å². The van der Waals surface area contributed by atoms with E-state index in [1.54, 1.807) is 0 Å². The Bertz CT molecular complexity index is 1250. The van der Waals surface area contributed by atoms with Crippen LogP contribution in [0, 0.1) is 6.92 Å². The summed E-state index contributed by atoms with van der Waals surface area (Å²) >= 11 is 0. The number of hydrogen-bond acceptors (Lipinski definition) is 3. The van der Waals surface area contributed by atoms with Gasteiger partial charge < -0.3 is 14.8 Å².